The number of hydrogen-bond donors (Lipinski definition) is 2. The van der Waals surface area contributed by atoms with Gasteiger partial charge < -0.3 is 4.98 Å². The number of pyridine rings is 1. The molecule has 7 nitrogen and oxygen atoms in total. The molecule has 0 fully saturated rings. The SMILES string of the molecule is O=c1[nH]cc(S(=O)(=O)Nc2ncnc(Cl)c2Cl)cc1Cl. The molecule has 0 saturated heterocycles. The van der Waals surface area contributed by atoms with Gasteiger partial charge >= 0.3 is 0 Å². The highest BCUT2D eigenvalue weighted by molar-refractivity contribution is 7.92. The minimum atomic E-state index is -4.03. The van der Waals surface area contributed by atoms with E-state index in [2.05, 4.69) is 19.7 Å². The highest BCUT2D eigenvalue weighted by Crippen LogP contribution is 2.27. The molecule has 2 N–H and O–H groups in total. The summed E-state index contributed by atoms with van der Waals surface area (Å²) in [5, 5.41) is -0.508. The molecule has 0 bridgehead atoms. The summed E-state index contributed by atoms with van der Waals surface area (Å²) in [4.78, 5) is 20.3. The van der Waals surface area contributed by atoms with E-state index in [9.17, 15) is 13.2 Å². The van der Waals surface area contributed by atoms with E-state index < -0.39 is 15.6 Å². The van der Waals surface area contributed by atoms with Crippen molar-refractivity contribution in [3.8, 4) is 0 Å². The molecule has 2 aromatic rings. The van der Waals surface area contributed by atoms with Crippen molar-refractivity contribution in [1.82, 2.24) is 15.0 Å². The predicted molar refractivity (Wildman–Crippen MR) is 74.9 cm³/mol. The molecular weight excluding hydrogens is 351 g/mol. The maximum Gasteiger partial charge on any atom is 0.266 e. The number of anilines is 1. The molecule has 0 spiro atoms. The normalized spacial score (nSPS) is 11.3. The van der Waals surface area contributed by atoms with Crippen molar-refractivity contribution in [3.63, 3.8) is 0 Å². The lowest BCUT2D eigenvalue weighted by Crippen LogP contribution is -2.17. The number of H-pyrrole nitrogens is 1. The fourth-order valence-corrected chi connectivity index (χ4v) is 2.78. The summed E-state index contributed by atoms with van der Waals surface area (Å²) in [5.41, 5.74) is -0.603. The van der Waals surface area contributed by atoms with Crippen LogP contribution in [-0.2, 0) is 10.0 Å². The van der Waals surface area contributed by atoms with Gasteiger partial charge in [-0.05, 0) is 6.07 Å². The number of aromatic amines is 1. The summed E-state index contributed by atoms with van der Waals surface area (Å²) in [6.45, 7) is 0. The summed E-state index contributed by atoms with van der Waals surface area (Å²) in [5.74, 6) is -0.186. The molecule has 0 atom stereocenters. The van der Waals surface area contributed by atoms with Gasteiger partial charge in [0.2, 0.25) is 0 Å². The molecule has 0 aromatic carbocycles. The predicted octanol–water partition coefficient (Wildman–Crippen LogP) is 1.93. The van der Waals surface area contributed by atoms with E-state index in [0.29, 0.717) is 0 Å². The first-order chi connectivity index (χ1) is 9.31. The second kappa shape index (κ2) is 5.57. The lowest BCUT2D eigenvalue weighted by Gasteiger charge is -2.08. The largest absolute Gasteiger partial charge is 0.326 e. The molecule has 2 rings (SSSR count). The third kappa shape index (κ3) is 3.04. The van der Waals surface area contributed by atoms with E-state index in [1.807, 2.05) is 0 Å². The van der Waals surface area contributed by atoms with Crippen molar-refractivity contribution >= 4 is 50.6 Å². The van der Waals surface area contributed by atoms with Crippen LogP contribution in [0.4, 0.5) is 5.82 Å². The standard InChI is InChI=1S/C9H5Cl3N4O3S/c10-5-1-4(2-13-9(5)17)20(18,19)16-8-6(11)7(12)14-3-15-8/h1-3H,(H,13,17)(H,14,15,16). The molecule has 20 heavy (non-hydrogen) atoms. The van der Waals surface area contributed by atoms with E-state index in [0.717, 1.165) is 18.6 Å². The van der Waals surface area contributed by atoms with Crippen LogP contribution in [0.2, 0.25) is 15.2 Å². The van der Waals surface area contributed by atoms with Gasteiger partial charge in [0.1, 0.15) is 21.3 Å². The van der Waals surface area contributed by atoms with Crippen LogP contribution in [0.5, 0.6) is 0 Å². The number of nitrogens with zero attached hydrogens (tertiary/aromatic N) is 2. The van der Waals surface area contributed by atoms with Gasteiger partial charge in [0.15, 0.2) is 11.0 Å². The van der Waals surface area contributed by atoms with Gasteiger partial charge in [-0.25, -0.2) is 18.4 Å². The zero-order chi connectivity index (χ0) is 14.9. The van der Waals surface area contributed by atoms with Crippen LogP contribution in [0, 0.1) is 0 Å². The van der Waals surface area contributed by atoms with Gasteiger partial charge in [-0.2, -0.15) is 0 Å². The number of hydrogen-bond acceptors (Lipinski definition) is 5. The molecule has 2 heterocycles. The number of rotatable bonds is 3. The first-order valence-corrected chi connectivity index (χ1v) is 7.50. The van der Waals surface area contributed by atoms with E-state index >= 15 is 0 Å². The molecule has 0 unspecified atom stereocenters. The summed E-state index contributed by atoms with van der Waals surface area (Å²) in [6, 6.07) is 0.999. The van der Waals surface area contributed by atoms with Crippen molar-refractivity contribution in [3.05, 3.63) is 44.1 Å². The van der Waals surface area contributed by atoms with E-state index in [1.54, 1.807) is 0 Å². The molecule has 0 amide bonds. The molecule has 106 valence electrons. The van der Waals surface area contributed by atoms with Crippen molar-refractivity contribution in [2.45, 2.75) is 4.90 Å². The molecule has 0 aliphatic carbocycles. The van der Waals surface area contributed by atoms with Crippen LogP contribution in [-0.4, -0.2) is 23.4 Å². The number of aromatic nitrogens is 3. The summed E-state index contributed by atoms with van der Waals surface area (Å²) in [7, 11) is -4.03. The van der Waals surface area contributed by atoms with Crippen LogP contribution < -0.4 is 10.3 Å². The molecule has 11 heteroatoms. The van der Waals surface area contributed by atoms with Crippen LogP contribution in [0.3, 0.4) is 0 Å². The maximum absolute atomic E-state index is 12.1. The average Bonchev–Trinajstić information content (AvgIpc) is 2.38. The minimum Gasteiger partial charge on any atom is -0.326 e. The minimum absolute atomic E-state index is 0.0983. The van der Waals surface area contributed by atoms with Crippen molar-refractivity contribution < 1.29 is 8.42 Å². The molecule has 0 aliphatic heterocycles. The van der Waals surface area contributed by atoms with E-state index in [4.69, 9.17) is 34.8 Å². The van der Waals surface area contributed by atoms with Crippen molar-refractivity contribution in [2.75, 3.05) is 4.72 Å². The summed E-state index contributed by atoms with van der Waals surface area (Å²) in [6.07, 6.45) is 2.04. The van der Waals surface area contributed by atoms with Gasteiger partial charge in [0, 0.05) is 6.20 Å². The Morgan fingerprint density at radius 3 is 2.55 bits per heavy atom. The first-order valence-electron chi connectivity index (χ1n) is 4.88. The Morgan fingerprint density at radius 1 is 1.20 bits per heavy atom. The van der Waals surface area contributed by atoms with Gasteiger partial charge in [0.25, 0.3) is 15.6 Å². The molecule has 0 aliphatic rings. The third-order valence-electron chi connectivity index (χ3n) is 2.12. The van der Waals surface area contributed by atoms with Crippen LogP contribution >= 0.6 is 34.8 Å². The van der Waals surface area contributed by atoms with E-state index in [1.165, 1.54) is 0 Å². The fourth-order valence-electron chi connectivity index (χ4n) is 1.20. The van der Waals surface area contributed by atoms with E-state index in [-0.39, 0.29) is 25.9 Å². The van der Waals surface area contributed by atoms with Crippen molar-refractivity contribution in [1.29, 1.82) is 0 Å². The Bertz CT molecular complexity index is 821. The van der Waals surface area contributed by atoms with Crippen LogP contribution in [0.15, 0.2) is 28.3 Å². The highest BCUT2D eigenvalue weighted by Gasteiger charge is 2.19. The Balaban J connectivity index is 2.43. The maximum atomic E-state index is 12.1. The topological polar surface area (TPSA) is 105 Å². The average molecular weight is 356 g/mol. The second-order valence-electron chi connectivity index (χ2n) is 3.45. The zero-order valence-electron chi connectivity index (χ0n) is 9.39. The highest BCUT2D eigenvalue weighted by atomic mass is 35.5. The second-order valence-corrected chi connectivity index (χ2v) is 6.27. The molecule has 2 aromatic heterocycles. The fraction of sp³-hybridized carbons (Fsp3) is 0. The third-order valence-corrected chi connectivity index (χ3v) is 4.46. The summed E-state index contributed by atoms with van der Waals surface area (Å²) < 4.78 is 26.3. The number of halogens is 3. The van der Waals surface area contributed by atoms with Crippen molar-refractivity contribution in [2.24, 2.45) is 0 Å². The first kappa shape index (κ1) is 15.0. The quantitative estimate of drug-likeness (QED) is 0.818. The van der Waals surface area contributed by atoms with Gasteiger partial charge in [0.05, 0.1) is 0 Å². The van der Waals surface area contributed by atoms with Crippen LogP contribution in [0.1, 0.15) is 0 Å². The Hall–Kier alpha value is -1.35. The monoisotopic (exact) mass is 354 g/mol. The number of nitrogens with one attached hydrogen (secondary N) is 2. The smallest absolute Gasteiger partial charge is 0.266 e. The van der Waals surface area contributed by atoms with Crippen LogP contribution in [0.25, 0.3) is 0 Å². The summed E-state index contributed by atoms with van der Waals surface area (Å²) >= 11 is 17.0. The van der Waals surface area contributed by atoms with Gasteiger partial charge in [-0.15, -0.1) is 0 Å². The lowest BCUT2D eigenvalue weighted by molar-refractivity contribution is 0.600. The Morgan fingerprint density at radius 2 is 1.90 bits per heavy atom. The lowest BCUT2D eigenvalue weighted by atomic mass is 10.5. The molecule has 0 radical (unpaired) electrons. The molecular formula is C9H5Cl3N4O3S. The Labute approximate surface area is 128 Å². The Kier molecular flexibility index (Phi) is 4.19. The molecule has 0 saturated carbocycles. The van der Waals surface area contributed by atoms with Gasteiger partial charge in [-0.3, -0.25) is 9.52 Å². The van der Waals surface area contributed by atoms with Gasteiger partial charge in [-0.1, -0.05) is 34.8 Å². The zero-order valence-corrected chi connectivity index (χ0v) is 12.5. The number of sulfonamides is 1.